The van der Waals surface area contributed by atoms with Gasteiger partial charge in [-0.1, -0.05) is 11.6 Å². The van der Waals surface area contributed by atoms with Gasteiger partial charge in [-0.15, -0.1) is 0 Å². The van der Waals surface area contributed by atoms with E-state index in [2.05, 4.69) is 9.71 Å². The van der Waals surface area contributed by atoms with Gasteiger partial charge in [0.25, 0.3) is 10.0 Å². The van der Waals surface area contributed by atoms with Crippen LogP contribution in [0.1, 0.15) is 27.7 Å². The number of sulfonamides is 1. The van der Waals surface area contributed by atoms with E-state index in [-0.39, 0.29) is 26.9 Å². The van der Waals surface area contributed by atoms with Gasteiger partial charge >= 0.3 is 7.12 Å². The monoisotopic (exact) mass is 442 g/mol. The number of anilines is 1. The van der Waals surface area contributed by atoms with E-state index in [1.807, 2.05) is 27.7 Å². The van der Waals surface area contributed by atoms with Gasteiger partial charge in [0, 0.05) is 17.3 Å². The molecule has 1 saturated heterocycles. The summed E-state index contributed by atoms with van der Waals surface area (Å²) in [6.07, 6.45) is 1.27. The number of nitrogens with one attached hydrogen (secondary N) is 1. The Hall–Kier alpha value is -1.88. The van der Waals surface area contributed by atoms with E-state index in [0.29, 0.717) is 0 Å². The van der Waals surface area contributed by atoms with E-state index in [0.717, 1.165) is 6.07 Å². The van der Waals surface area contributed by atoms with Crippen molar-refractivity contribution in [1.82, 2.24) is 4.98 Å². The average Bonchev–Trinajstić information content (AvgIpc) is 2.84. The lowest BCUT2D eigenvalue weighted by Crippen LogP contribution is -2.41. The van der Waals surface area contributed by atoms with Gasteiger partial charge in [-0.2, -0.15) is 0 Å². The summed E-state index contributed by atoms with van der Waals surface area (Å²) >= 11 is 5.88. The fraction of sp³-hybridized carbons (Fsp3) is 0.389. The van der Waals surface area contributed by atoms with Crippen molar-refractivity contribution < 1.29 is 26.9 Å². The fourth-order valence-electron chi connectivity index (χ4n) is 2.72. The highest BCUT2D eigenvalue weighted by molar-refractivity contribution is 7.92. The molecule has 0 radical (unpaired) electrons. The normalized spacial score (nSPS) is 18.0. The van der Waals surface area contributed by atoms with Crippen molar-refractivity contribution in [2.24, 2.45) is 0 Å². The number of halogens is 2. The molecule has 0 aliphatic carbocycles. The number of methoxy groups -OCH3 is 1. The summed E-state index contributed by atoms with van der Waals surface area (Å²) in [5.74, 6) is -0.691. The Morgan fingerprint density at radius 3 is 2.38 bits per heavy atom. The molecule has 1 aromatic carbocycles. The third-order valence-electron chi connectivity index (χ3n) is 5.02. The number of pyridine rings is 1. The van der Waals surface area contributed by atoms with Gasteiger partial charge in [0.15, 0.2) is 4.90 Å². The van der Waals surface area contributed by atoms with Crippen LogP contribution in [0.15, 0.2) is 35.4 Å². The first-order chi connectivity index (χ1) is 13.4. The Balaban J connectivity index is 1.94. The molecule has 1 aliphatic rings. The molecule has 0 unspecified atom stereocenters. The number of aromatic nitrogens is 1. The summed E-state index contributed by atoms with van der Waals surface area (Å²) < 4.78 is 59.2. The zero-order chi connectivity index (χ0) is 21.6. The molecule has 1 fully saturated rings. The van der Waals surface area contributed by atoms with Crippen LogP contribution in [0, 0.1) is 5.82 Å². The second kappa shape index (κ2) is 7.43. The van der Waals surface area contributed by atoms with Crippen LogP contribution in [-0.4, -0.2) is 38.8 Å². The smallest absolute Gasteiger partial charge is 0.480 e. The maximum absolute atomic E-state index is 14.5. The maximum Gasteiger partial charge on any atom is 0.497 e. The van der Waals surface area contributed by atoms with Gasteiger partial charge in [0.2, 0.25) is 5.88 Å². The summed E-state index contributed by atoms with van der Waals surface area (Å²) in [7, 11) is -3.79. The minimum atomic E-state index is -4.10. The molecule has 156 valence electrons. The highest BCUT2D eigenvalue weighted by atomic mass is 35.5. The highest BCUT2D eigenvalue weighted by Gasteiger charge is 2.52. The maximum atomic E-state index is 14.5. The predicted octanol–water partition coefficient (Wildman–Crippen LogP) is 2.98. The van der Waals surface area contributed by atoms with Crippen LogP contribution < -0.4 is 14.9 Å². The van der Waals surface area contributed by atoms with Gasteiger partial charge in [0.1, 0.15) is 5.82 Å². The Bertz CT molecular complexity index is 1030. The largest absolute Gasteiger partial charge is 0.497 e. The number of rotatable bonds is 5. The van der Waals surface area contributed by atoms with Crippen molar-refractivity contribution >= 4 is 39.9 Å². The summed E-state index contributed by atoms with van der Waals surface area (Å²) in [5, 5.41) is 0.128. The van der Waals surface area contributed by atoms with E-state index >= 15 is 0 Å². The van der Waals surface area contributed by atoms with E-state index < -0.39 is 34.2 Å². The standard InChI is InChI=1S/C18H21BClFN2O5S/c1-17(2)18(3,4)28-19(27-17)13-9-12(6-7-14(13)21)23-29(24,25)15-8-11(20)10-22-16(15)26-5/h6-10,23H,1-5H3. The summed E-state index contributed by atoms with van der Waals surface area (Å²) in [6.45, 7) is 7.37. The van der Waals surface area contributed by atoms with Crippen molar-refractivity contribution in [3.05, 3.63) is 41.3 Å². The Morgan fingerprint density at radius 1 is 1.17 bits per heavy atom. The van der Waals surface area contributed by atoms with Gasteiger partial charge < -0.3 is 14.0 Å². The fourth-order valence-corrected chi connectivity index (χ4v) is 4.14. The third kappa shape index (κ3) is 4.21. The molecular formula is C18H21BClFN2O5S. The molecule has 3 rings (SSSR count). The summed E-state index contributed by atoms with van der Waals surface area (Å²) in [6, 6.07) is 4.99. The minimum absolute atomic E-state index is 0.0834. The van der Waals surface area contributed by atoms with Gasteiger partial charge in [-0.3, -0.25) is 4.72 Å². The first kappa shape index (κ1) is 21.8. The molecule has 11 heteroatoms. The Labute approximate surface area is 174 Å². The predicted molar refractivity (Wildman–Crippen MR) is 109 cm³/mol. The van der Waals surface area contributed by atoms with Crippen LogP contribution >= 0.6 is 11.6 Å². The molecule has 1 aliphatic heterocycles. The van der Waals surface area contributed by atoms with Crippen molar-refractivity contribution in [1.29, 1.82) is 0 Å². The van der Waals surface area contributed by atoms with E-state index in [1.54, 1.807) is 0 Å². The first-order valence-electron chi connectivity index (χ1n) is 8.74. The minimum Gasteiger partial charge on any atom is -0.480 e. The molecule has 1 aromatic heterocycles. The number of hydrogen-bond donors (Lipinski definition) is 1. The molecule has 2 aromatic rings. The van der Waals surface area contributed by atoms with Crippen LogP contribution in [0.25, 0.3) is 0 Å². The molecule has 0 amide bonds. The van der Waals surface area contributed by atoms with Crippen LogP contribution in [0.5, 0.6) is 5.88 Å². The molecular weight excluding hydrogens is 422 g/mol. The second-order valence-corrected chi connectivity index (χ2v) is 9.68. The average molecular weight is 443 g/mol. The molecule has 29 heavy (non-hydrogen) atoms. The summed E-state index contributed by atoms with van der Waals surface area (Å²) in [5.41, 5.74) is -1.13. The molecule has 0 saturated carbocycles. The molecule has 7 nitrogen and oxygen atoms in total. The lowest BCUT2D eigenvalue weighted by molar-refractivity contribution is 0.00578. The number of benzene rings is 1. The Kier molecular flexibility index (Phi) is 5.59. The van der Waals surface area contributed by atoms with Gasteiger partial charge in [0.05, 0.1) is 23.3 Å². The first-order valence-corrected chi connectivity index (χ1v) is 10.6. The van der Waals surface area contributed by atoms with Crippen LogP contribution in [0.2, 0.25) is 5.02 Å². The molecule has 1 N–H and O–H groups in total. The SMILES string of the molecule is COc1ncc(Cl)cc1S(=O)(=O)Nc1ccc(F)c(B2OC(C)(C)C(C)(C)O2)c1. The number of ether oxygens (including phenoxy) is 1. The lowest BCUT2D eigenvalue weighted by atomic mass is 9.78. The number of nitrogens with zero attached hydrogens (tertiary/aromatic N) is 1. The quantitative estimate of drug-likeness (QED) is 0.716. The summed E-state index contributed by atoms with van der Waals surface area (Å²) in [4.78, 5) is 3.62. The van der Waals surface area contributed by atoms with Crippen molar-refractivity contribution in [3.63, 3.8) is 0 Å². The Morgan fingerprint density at radius 2 is 1.79 bits per heavy atom. The van der Waals surface area contributed by atoms with E-state index in [1.165, 1.54) is 31.5 Å². The molecule has 0 bridgehead atoms. The third-order valence-corrected chi connectivity index (χ3v) is 6.61. The molecule has 0 atom stereocenters. The van der Waals surface area contributed by atoms with Gasteiger partial charge in [-0.25, -0.2) is 17.8 Å². The highest BCUT2D eigenvalue weighted by Crippen LogP contribution is 2.37. The van der Waals surface area contributed by atoms with Gasteiger partial charge in [-0.05, 0) is 52.0 Å². The van der Waals surface area contributed by atoms with E-state index in [9.17, 15) is 12.8 Å². The van der Waals surface area contributed by atoms with Crippen molar-refractivity contribution in [3.8, 4) is 5.88 Å². The number of hydrogen-bond acceptors (Lipinski definition) is 6. The van der Waals surface area contributed by atoms with Crippen molar-refractivity contribution in [2.45, 2.75) is 43.8 Å². The van der Waals surface area contributed by atoms with Crippen molar-refractivity contribution in [2.75, 3.05) is 11.8 Å². The zero-order valence-corrected chi connectivity index (χ0v) is 18.2. The van der Waals surface area contributed by atoms with Crippen LogP contribution in [0.4, 0.5) is 10.1 Å². The molecule has 0 spiro atoms. The van der Waals surface area contributed by atoms with E-state index in [4.69, 9.17) is 25.6 Å². The van der Waals surface area contributed by atoms with Crippen LogP contribution in [0.3, 0.4) is 0 Å². The lowest BCUT2D eigenvalue weighted by Gasteiger charge is -2.32. The zero-order valence-electron chi connectivity index (χ0n) is 16.6. The molecule has 2 heterocycles. The second-order valence-electron chi connectivity index (χ2n) is 7.59. The topological polar surface area (TPSA) is 86.8 Å². The van der Waals surface area contributed by atoms with Crippen LogP contribution in [-0.2, 0) is 19.3 Å².